The van der Waals surface area contributed by atoms with E-state index >= 15 is 0 Å². The van der Waals surface area contributed by atoms with Crippen LogP contribution in [-0.2, 0) is 16.0 Å². The lowest BCUT2D eigenvalue weighted by Gasteiger charge is -2.35. The first-order chi connectivity index (χ1) is 17.5. The molecule has 0 unspecified atom stereocenters. The Morgan fingerprint density at radius 2 is 1.94 bits per heavy atom. The monoisotopic (exact) mass is 483 g/mol. The molecular weight excluding hydrogens is 446 g/mol. The molecule has 2 aromatic rings. The van der Waals surface area contributed by atoms with Crippen LogP contribution in [0.3, 0.4) is 0 Å². The van der Waals surface area contributed by atoms with Crippen LogP contribution in [0.4, 0.5) is 0 Å². The van der Waals surface area contributed by atoms with Crippen LogP contribution < -0.4 is 10.5 Å². The number of carbonyl (C=O) groups excluding carboxylic acids is 1. The van der Waals surface area contributed by atoms with E-state index in [-0.39, 0.29) is 17.1 Å². The van der Waals surface area contributed by atoms with Crippen LogP contribution in [0.15, 0.2) is 96.3 Å². The first-order valence-corrected chi connectivity index (χ1v) is 12.9. The maximum Gasteiger partial charge on any atom is 0.158 e. The number of ether oxygens (including phenoxy) is 2. The molecule has 0 bridgehead atoms. The van der Waals surface area contributed by atoms with Gasteiger partial charge in [-0.1, -0.05) is 66.8 Å². The predicted molar refractivity (Wildman–Crippen MR) is 147 cm³/mol. The Kier molecular flexibility index (Phi) is 8.61. The largest absolute Gasteiger partial charge is 0.493 e. The molecule has 0 amide bonds. The number of hydrogen-bond donors (Lipinski definition) is 1. The summed E-state index contributed by atoms with van der Waals surface area (Å²) >= 11 is 0. The summed E-state index contributed by atoms with van der Waals surface area (Å²) in [4.78, 5) is 12.9. The van der Waals surface area contributed by atoms with Gasteiger partial charge in [-0.15, -0.1) is 0 Å². The average molecular weight is 484 g/mol. The van der Waals surface area contributed by atoms with Crippen LogP contribution in [0, 0.1) is 11.3 Å². The molecule has 2 aliphatic rings. The van der Waals surface area contributed by atoms with Crippen molar-refractivity contribution in [1.29, 1.82) is 0 Å². The van der Waals surface area contributed by atoms with Gasteiger partial charge in [0.1, 0.15) is 11.5 Å². The number of allylic oxidation sites excluding steroid dienone is 4. The summed E-state index contributed by atoms with van der Waals surface area (Å²) in [6.45, 7) is 8.15. The molecule has 188 valence electrons. The van der Waals surface area contributed by atoms with E-state index in [4.69, 9.17) is 15.2 Å². The van der Waals surface area contributed by atoms with E-state index in [0.29, 0.717) is 19.8 Å². The quantitative estimate of drug-likeness (QED) is 0.417. The van der Waals surface area contributed by atoms with Gasteiger partial charge in [-0.25, -0.2) is 0 Å². The molecule has 1 spiro atoms. The molecule has 4 heteroatoms. The van der Waals surface area contributed by atoms with Crippen molar-refractivity contribution < 1.29 is 14.3 Å². The summed E-state index contributed by atoms with van der Waals surface area (Å²) in [5.41, 5.74) is 10.0. The van der Waals surface area contributed by atoms with Crippen LogP contribution >= 0.6 is 0 Å². The smallest absolute Gasteiger partial charge is 0.158 e. The normalized spacial score (nSPS) is 23.4. The summed E-state index contributed by atoms with van der Waals surface area (Å²) < 4.78 is 11.9. The SMILES string of the molecule is C=C1/C(=C\C=C(/C)CN)OCC12CCC(C(=O)/C=C/c1cccc(OCCc3ccccc3)c1)CC2. The third kappa shape index (κ3) is 6.44. The van der Waals surface area contributed by atoms with Crippen molar-refractivity contribution in [3.05, 3.63) is 107 Å². The predicted octanol–water partition coefficient (Wildman–Crippen LogP) is 6.44. The second-order valence-electron chi connectivity index (χ2n) is 9.96. The Morgan fingerprint density at radius 1 is 1.17 bits per heavy atom. The molecule has 1 heterocycles. The highest BCUT2D eigenvalue weighted by Gasteiger charge is 2.45. The molecule has 0 radical (unpaired) electrons. The number of nitrogens with two attached hydrogens (primary N) is 1. The number of hydrogen-bond acceptors (Lipinski definition) is 4. The van der Waals surface area contributed by atoms with Crippen molar-refractivity contribution in [1.82, 2.24) is 0 Å². The highest BCUT2D eigenvalue weighted by Crippen LogP contribution is 2.51. The van der Waals surface area contributed by atoms with Gasteiger partial charge in [0, 0.05) is 24.3 Å². The van der Waals surface area contributed by atoms with E-state index < -0.39 is 0 Å². The summed E-state index contributed by atoms with van der Waals surface area (Å²) in [6, 6.07) is 18.2. The molecule has 4 rings (SSSR count). The van der Waals surface area contributed by atoms with Crippen LogP contribution in [0.5, 0.6) is 5.75 Å². The zero-order chi connectivity index (χ0) is 25.4. The van der Waals surface area contributed by atoms with Gasteiger partial charge < -0.3 is 15.2 Å². The van der Waals surface area contributed by atoms with E-state index in [1.54, 1.807) is 6.08 Å². The minimum atomic E-state index is -0.0395. The molecule has 1 saturated carbocycles. The second kappa shape index (κ2) is 12.0. The van der Waals surface area contributed by atoms with E-state index in [2.05, 4.69) is 18.7 Å². The molecule has 2 aromatic carbocycles. The fourth-order valence-corrected chi connectivity index (χ4v) is 4.94. The van der Waals surface area contributed by atoms with Gasteiger partial charge >= 0.3 is 0 Å². The number of benzene rings is 2. The van der Waals surface area contributed by atoms with Crippen LogP contribution in [0.25, 0.3) is 6.08 Å². The lowest BCUT2D eigenvalue weighted by Crippen LogP contribution is -2.31. The minimum Gasteiger partial charge on any atom is -0.493 e. The van der Waals surface area contributed by atoms with Gasteiger partial charge in [-0.3, -0.25) is 4.79 Å². The molecule has 2 fully saturated rings. The maximum atomic E-state index is 12.9. The van der Waals surface area contributed by atoms with E-state index in [0.717, 1.165) is 60.3 Å². The third-order valence-corrected chi connectivity index (χ3v) is 7.43. The lowest BCUT2D eigenvalue weighted by atomic mass is 9.67. The molecular formula is C32H37NO3. The van der Waals surface area contributed by atoms with Crippen molar-refractivity contribution in [2.75, 3.05) is 19.8 Å². The van der Waals surface area contributed by atoms with Gasteiger partial charge in [-0.05, 0) is 73.6 Å². The average Bonchev–Trinajstić information content (AvgIpc) is 3.21. The molecule has 36 heavy (non-hydrogen) atoms. The van der Waals surface area contributed by atoms with E-state index in [1.165, 1.54) is 5.56 Å². The number of ketones is 1. The Hall–Kier alpha value is -3.37. The Morgan fingerprint density at radius 3 is 2.69 bits per heavy atom. The van der Waals surface area contributed by atoms with E-state index in [1.807, 2.05) is 67.6 Å². The standard InChI is InChI=1S/C32H37NO3/c1-24(22-33)11-14-31-25(2)32(23-36-31)18-15-28(16-19-32)30(34)13-12-27-9-6-10-29(21-27)35-20-17-26-7-4-3-5-8-26/h3-14,21,28H,2,15-20,22-23,33H2,1H3/b13-12+,24-11+,31-14+. The topological polar surface area (TPSA) is 61.5 Å². The van der Waals surface area contributed by atoms with Crippen molar-refractivity contribution >= 4 is 11.9 Å². The molecule has 0 atom stereocenters. The third-order valence-electron chi connectivity index (χ3n) is 7.43. The maximum absolute atomic E-state index is 12.9. The molecule has 1 aliphatic carbocycles. The highest BCUT2D eigenvalue weighted by atomic mass is 16.5. The highest BCUT2D eigenvalue weighted by molar-refractivity contribution is 5.95. The summed E-state index contributed by atoms with van der Waals surface area (Å²) in [5, 5.41) is 0. The number of rotatable bonds is 9. The van der Waals surface area contributed by atoms with E-state index in [9.17, 15) is 4.79 Å². The second-order valence-corrected chi connectivity index (χ2v) is 9.96. The number of carbonyl (C=O) groups is 1. The van der Waals surface area contributed by atoms with Crippen molar-refractivity contribution in [3.8, 4) is 5.75 Å². The molecule has 2 N–H and O–H groups in total. The zero-order valence-corrected chi connectivity index (χ0v) is 21.2. The first kappa shape index (κ1) is 25.7. The Balaban J connectivity index is 1.28. The van der Waals surface area contributed by atoms with Gasteiger partial charge in [0.15, 0.2) is 5.78 Å². The lowest BCUT2D eigenvalue weighted by molar-refractivity contribution is -0.119. The van der Waals surface area contributed by atoms with Crippen LogP contribution in [-0.4, -0.2) is 25.5 Å². The van der Waals surface area contributed by atoms with Gasteiger partial charge in [0.25, 0.3) is 0 Å². The summed E-state index contributed by atoms with van der Waals surface area (Å²) in [6.07, 6.45) is 12.1. The molecule has 0 aromatic heterocycles. The molecule has 4 nitrogen and oxygen atoms in total. The van der Waals surface area contributed by atoms with Gasteiger partial charge in [-0.2, -0.15) is 0 Å². The van der Waals surface area contributed by atoms with Crippen molar-refractivity contribution in [3.63, 3.8) is 0 Å². The zero-order valence-electron chi connectivity index (χ0n) is 21.2. The van der Waals surface area contributed by atoms with Gasteiger partial charge in [0.2, 0.25) is 0 Å². The summed E-state index contributed by atoms with van der Waals surface area (Å²) in [7, 11) is 0. The van der Waals surface area contributed by atoms with Crippen molar-refractivity contribution in [2.45, 2.75) is 39.0 Å². The summed E-state index contributed by atoms with van der Waals surface area (Å²) in [5.74, 6) is 1.93. The Labute approximate surface area is 215 Å². The van der Waals surface area contributed by atoms with Crippen molar-refractivity contribution in [2.24, 2.45) is 17.1 Å². The first-order valence-electron chi connectivity index (χ1n) is 12.9. The van der Waals surface area contributed by atoms with Crippen LogP contribution in [0.2, 0.25) is 0 Å². The minimum absolute atomic E-state index is 0.0395. The molecule has 1 aliphatic heterocycles. The van der Waals surface area contributed by atoms with Gasteiger partial charge in [0.05, 0.1) is 13.2 Å². The van der Waals surface area contributed by atoms with Crippen LogP contribution in [0.1, 0.15) is 43.7 Å². The fourth-order valence-electron chi connectivity index (χ4n) is 4.94. The fraction of sp³-hybridized carbons (Fsp3) is 0.344. The molecule has 1 saturated heterocycles. The Bertz CT molecular complexity index is 1150.